The Hall–Kier alpha value is -1.66. The molecule has 2 heterocycles. The third kappa shape index (κ3) is 1.30. The zero-order chi connectivity index (χ0) is 14.3. The summed E-state index contributed by atoms with van der Waals surface area (Å²) >= 11 is 0. The van der Waals surface area contributed by atoms with Crippen molar-refractivity contribution in [1.82, 2.24) is 0 Å². The Kier molecular flexibility index (Phi) is 2.12. The van der Waals surface area contributed by atoms with Crippen molar-refractivity contribution in [2.75, 3.05) is 0 Å². The van der Waals surface area contributed by atoms with Crippen LogP contribution in [0.25, 0.3) is 0 Å². The van der Waals surface area contributed by atoms with E-state index in [2.05, 4.69) is 6.92 Å². The van der Waals surface area contributed by atoms with E-state index in [1.54, 1.807) is 0 Å². The van der Waals surface area contributed by atoms with Crippen LogP contribution in [0.15, 0.2) is 0 Å². The molecule has 2 aliphatic heterocycles. The molecule has 4 rings (SSSR count). The zero-order valence-electron chi connectivity index (χ0n) is 11.1. The van der Waals surface area contributed by atoms with E-state index in [0.29, 0.717) is 0 Å². The predicted molar refractivity (Wildman–Crippen MR) is 67.1 cm³/mol. The van der Waals surface area contributed by atoms with Crippen molar-refractivity contribution in [3.05, 3.63) is 11.1 Å². The second-order valence-electron chi connectivity index (χ2n) is 5.95. The highest BCUT2D eigenvalue weighted by molar-refractivity contribution is 5.66. The minimum atomic E-state index is -0.414. The second-order valence-corrected chi connectivity index (χ2v) is 5.95. The van der Waals surface area contributed by atoms with E-state index in [9.17, 15) is 20.4 Å². The van der Waals surface area contributed by atoms with E-state index in [0.717, 1.165) is 0 Å². The molecular formula is C14H16O6. The maximum atomic E-state index is 10.1. The molecule has 0 aromatic heterocycles. The highest BCUT2D eigenvalue weighted by Crippen LogP contribution is 2.61. The molecule has 1 aromatic rings. The first kappa shape index (κ1) is 12.1. The molecule has 6 heteroatoms. The molecule has 1 aliphatic carbocycles. The van der Waals surface area contributed by atoms with Gasteiger partial charge >= 0.3 is 0 Å². The van der Waals surface area contributed by atoms with Crippen LogP contribution in [0.4, 0.5) is 0 Å². The van der Waals surface area contributed by atoms with Crippen molar-refractivity contribution >= 4 is 0 Å². The summed E-state index contributed by atoms with van der Waals surface area (Å²) in [5.74, 6) is -1.70. The van der Waals surface area contributed by atoms with Gasteiger partial charge in [0.05, 0.1) is 30.0 Å². The third-order valence-electron chi connectivity index (χ3n) is 4.87. The van der Waals surface area contributed by atoms with Gasteiger partial charge in [-0.25, -0.2) is 0 Å². The van der Waals surface area contributed by atoms with Crippen LogP contribution in [0.5, 0.6) is 23.0 Å². The van der Waals surface area contributed by atoms with Gasteiger partial charge in [-0.2, -0.15) is 0 Å². The van der Waals surface area contributed by atoms with E-state index in [4.69, 9.17) is 9.47 Å². The molecular weight excluding hydrogens is 264 g/mol. The van der Waals surface area contributed by atoms with Crippen molar-refractivity contribution in [3.63, 3.8) is 0 Å². The summed E-state index contributed by atoms with van der Waals surface area (Å²) in [5.41, 5.74) is 0.173. The highest BCUT2D eigenvalue weighted by atomic mass is 16.6. The highest BCUT2D eigenvalue weighted by Gasteiger charge is 2.68. The van der Waals surface area contributed by atoms with Crippen molar-refractivity contribution in [2.24, 2.45) is 5.92 Å². The van der Waals surface area contributed by atoms with Crippen LogP contribution < -0.4 is 0 Å². The van der Waals surface area contributed by atoms with Crippen LogP contribution in [0.3, 0.4) is 0 Å². The summed E-state index contributed by atoms with van der Waals surface area (Å²) in [6.45, 7) is 3.47. The lowest BCUT2D eigenvalue weighted by Crippen LogP contribution is -2.28. The maximum absolute atomic E-state index is 10.1. The number of fused-ring (bicyclic) bond motifs is 2. The van der Waals surface area contributed by atoms with Gasteiger partial charge in [-0.15, -0.1) is 0 Å². The van der Waals surface area contributed by atoms with Gasteiger partial charge in [0.25, 0.3) is 0 Å². The topological polar surface area (TPSA) is 106 Å². The summed E-state index contributed by atoms with van der Waals surface area (Å²) in [7, 11) is 0. The van der Waals surface area contributed by atoms with Gasteiger partial charge in [-0.1, -0.05) is 6.92 Å². The van der Waals surface area contributed by atoms with E-state index < -0.39 is 23.0 Å². The molecule has 3 aliphatic rings. The Balaban J connectivity index is 1.84. The Morgan fingerprint density at radius 1 is 0.750 bits per heavy atom. The number of aromatic hydroxyl groups is 4. The molecule has 2 saturated heterocycles. The van der Waals surface area contributed by atoms with Gasteiger partial charge in [0.1, 0.15) is 0 Å². The van der Waals surface area contributed by atoms with E-state index in [1.807, 2.05) is 0 Å². The maximum Gasteiger partial charge on any atom is 0.165 e. The van der Waals surface area contributed by atoms with Crippen LogP contribution in [0, 0.1) is 12.8 Å². The average Bonchev–Trinajstić information content (AvgIpc) is 3.30. The summed E-state index contributed by atoms with van der Waals surface area (Å²) < 4.78 is 11.2. The molecule has 0 spiro atoms. The van der Waals surface area contributed by atoms with Crippen molar-refractivity contribution in [3.8, 4) is 23.0 Å². The van der Waals surface area contributed by atoms with Crippen molar-refractivity contribution in [2.45, 2.75) is 44.2 Å². The first-order valence-electron chi connectivity index (χ1n) is 6.70. The predicted octanol–water partition coefficient (Wildman–Crippen LogP) is 1.09. The van der Waals surface area contributed by atoms with Crippen LogP contribution >= 0.6 is 0 Å². The van der Waals surface area contributed by atoms with E-state index in [-0.39, 0.29) is 47.4 Å². The Morgan fingerprint density at radius 3 is 1.65 bits per heavy atom. The molecule has 4 unspecified atom stereocenters. The van der Waals surface area contributed by atoms with E-state index in [1.165, 1.54) is 6.92 Å². The van der Waals surface area contributed by atoms with Crippen LogP contribution in [0.2, 0.25) is 0 Å². The molecule has 3 fully saturated rings. The van der Waals surface area contributed by atoms with Crippen LogP contribution in [0.1, 0.15) is 24.0 Å². The fourth-order valence-electron chi connectivity index (χ4n) is 3.55. The minimum absolute atomic E-state index is 0.0492. The quantitative estimate of drug-likeness (QED) is 0.348. The summed E-state index contributed by atoms with van der Waals surface area (Å²) in [6.07, 6.45) is -0.194. The largest absolute Gasteiger partial charge is 0.504 e. The first-order chi connectivity index (χ1) is 9.43. The molecule has 0 bridgehead atoms. The number of rotatable bonds is 1. The molecule has 6 nitrogen and oxygen atoms in total. The summed E-state index contributed by atoms with van der Waals surface area (Å²) in [4.78, 5) is 0. The fraction of sp³-hybridized carbons (Fsp3) is 0.571. The number of hydrogen-bond donors (Lipinski definition) is 4. The van der Waals surface area contributed by atoms with Crippen molar-refractivity contribution < 1.29 is 29.9 Å². The van der Waals surface area contributed by atoms with Gasteiger partial charge < -0.3 is 29.9 Å². The number of phenolic OH excluding ortho intramolecular Hbond substituents is 4. The lowest BCUT2D eigenvalue weighted by Gasteiger charge is -2.22. The van der Waals surface area contributed by atoms with E-state index >= 15 is 0 Å². The average molecular weight is 280 g/mol. The van der Waals surface area contributed by atoms with Gasteiger partial charge in [-0.3, -0.25) is 0 Å². The Labute approximate surface area is 115 Å². The molecule has 1 saturated carbocycles. The number of hydrogen-bond acceptors (Lipinski definition) is 6. The Morgan fingerprint density at radius 2 is 1.20 bits per heavy atom. The standard InChI is InChI=1S/C14H16O6/c1-3-7(15)9(17)5(10(18)8(3)16)6-13-11(19-13)4(2)12-14(6)20-12/h4,6,11-18H,1-2H3. The lowest BCUT2D eigenvalue weighted by atomic mass is 9.78. The van der Waals surface area contributed by atoms with Gasteiger partial charge in [0.15, 0.2) is 23.0 Å². The summed E-state index contributed by atoms with van der Waals surface area (Å²) in [5, 5.41) is 40.0. The number of benzene rings is 1. The third-order valence-corrected chi connectivity index (χ3v) is 4.87. The number of epoxide rings is 2. The molecule has 108 valence electrons. The van der Waals surface area contributed by atoms with Gasteiger partial charge in [0.2, 0.25) is 0 Å². The van der Waals surface area contributed by atoms with Gasteiger partial charge in [0, 0.05) is 17.4 Å². The van der Waals surface area contributed by atoms with Gasteiger partial charge in [-0.05, 0) is 6.92 Å². The first-order valence-corrected chi connectivity index (χ1v) is 6.70. The number of phenols is 4. The molecule has 0 amide bonds. The minimum Gasteiger partial charge on any atom is -0.504 e. The normalized spacial score (nSPS) is 40.9. The summed E-state index contributed by atoms with van der Waals surface area (Å²) in [6, 6.07) is 0. The SMILES string of the molecule is Cc1c(O)c(O)c(C2C3OC3C(C)C3OC32)c(O)c1O. The van der Waals surface area contributed by atoms with Crippen LogP contribution in [-0.4, -0.2) is 44.8 Å². The van der Waals surface area contributed by atoms with Crippen LogP contribution in [-0.2, 0) is 9.47 Å². The lowest BCUT2D eigenvalue weighted by molar-refractivity contribution is 0.246. The molecule has 20 heavy (non-hydrogen) atoms. The Bertz CT molecular complexity index is 565. The smallest absolute Gasteiger partial charge is 0.165 e. The molecule has 0 radical (unpaired) electrons. The van der Waals surface area contributed by atoms with Crippen molar-refractivity contribution in [1.29, 1.82) is 0 Å². The molecule has 4 atom stereocenters. The number of ether oxygens (including phenoxy) is 2. The monoisotopic (exact) mass is 280 g/mol. The second kappa shape index (κ2) is 3.51. The molecule has 4 N–H and O–H groups in total. The zero-order valence-corrected chi connectivity index (χ0v) is 11.1. The fourth-order valence-corrected chi connectivity index (χ4v) is 3.55. The molecule has 1 aromatic carbocycles.